The van der Waals surface area contributed by atoms with E-state index in [0.29, 0.717) is 40.5 Å². The van der Waals surface area contributed by atoms with Crippen molar-refractivity contribution in [3.8, 4) is 5.69 Å². The highest BCUT2D eigenvalue weighted by molar-refractivity contribution is 6.30. The predicted octanol–water partition coefficient (Wildman–Crippen LogP) is 5.04. The summed E-state index contributed by atoms with van der Waals surface area (Å²) < 4.78 is 14.6. The summed E-state index contributed by atoms with van der Waals surface area (Å²) in [6.07, 6.45) is 0.823. The zero-order valence-corrected chi connectivity index (χ0v) is 17.8. The number of carbonyl (C=O) groups is 2. The highest BCUT2D eigenvalue weighted by atomic mass is 35.5. The molecule has 0 spiro atoms. The second-order valence-corrected chi connectivity index (χ2v) is 8.87. The number of benzene rings is 2. The zero-order chi connectivity index (χ0) is 22.3. The second kappa shape index (κ2) is 7.78. The number of anilines is 1. The maximum absolute atomic E-state index is 13.4. The standard InChI is InChI=1S/C24H20ClFN2O3/c1-24(2)12-20-18(21(29)13-24)11-19(22(30)27-16-7-5-15(26)6-8-16)23(31)28(20)17-9-3-14(25)4-10-17/h3-11H,12-13H2,1-2H3,(H,27,30). The number of hydrogen-bond donors (Lipinski definition) is 1. The highest BCUT2D eigenvalue weighted by Crippen LogP contribution is 2.35. The number of Topliss-reactive ketones (excluding diaryl/α,β-unsaturated/α-hetero) is 1. The molecule has 0 bridgehead atoms. The van der Waals surface area contributed by atoms with Crippen molar-refractivity contribution in [3.05, 3.63) is 92.6 Å². The smallest absolute Gasteiger partial charge is 0.268 e. The van der Waals surface area contributed by atoms with Crippen LogP contribution in [0.5, 0.6) is 0 Å². The van der Waals surface area contributed by atoms with E-state index in [-0.39, 0.29) is 16.8 Å². The Balaban J connectivity index is 1.88. The fourth-order valence-electron chi connectivity index (χ4n) is 3.87. The number of aromatic nitrogens is 1. The SMILES string of the molecule is CC1(C)CC(=O)c2cc(C(=O)Nc3ccc(F)cc3)c(=O)n(-c3ccc(Cl)cc3)c2C1. The minimum absolute atomic E-state index is 0.121. The third-order valence-corrected chi connectivity index (χ3v) is 5.57. The van der Waals surface area contributed by atoms with Gasteiger partial charge in [0.1, 0.15) is 11.4 Å². The van der Waals surface area contributed by atoms with E-state index in [0.717, 1.165) is 0 Å². The summed E-state index contributed by atoms with van der Waals surface area (Å²) in [4.78, 5) is 39.3. The molecule has 0 atom stereocenters. The molecule has 0 aliphatic heterocycles. The van der Waals surface area contributed by atoms with Crippen molar-refractivity contribution in [1.82, 2.24) is 4.57 Å². The Kier molecular flexibility index (Phi) is 5.27. The Labute approximate surface area is 183 Å². The lowest BCUT2D eigenvalue weighted by Gasteiger charge is -2.32. The van der Waals surface area contributed by atoms with Gasteiger partial charge in [0.25, 0.3) is 11.5 Å². The van der Waals surface area contributed by atoms with Crippen molar-refractivity contribution in [2.24, 2.45) is 5.41 Å². The van der Waals surface area contributed by atoms with Crippen LogP contribution in [0.15, 0.2) is 59.4 Å². The van der Waals surface area contributed by atoms with Gasteiger partial charge in [0.05, 0.1) is 0 Å². The molecule has 1 amide bonds. The number of ketones is 1. The van der Waals surface area contributed by atoms with Crippen LogP contribution in [0.2, 0.25) is 5.02 Å². The van der Waals surface area contributed by atoms with E-state index >= 15 is 0 Å². The molecule has 5 nitrogen and oxygen atoms in total. The van der Waals surface area contributed by atoms with E-state index in [9.17, 15) is 18.8 Å². The molecule has 0 radical (unpaired) electrons. The van der Waals surface area contributed by atoms with E-state index in [1.54, 1.807) is 24.3 Å². The molecule has 2 aromatic carbocycles. The van der Waals surface area contributed by atoms with Crippen LogP contribution < -0.4 is 10.9 Å². The van der Waals surface area contributed by atoms with Crippen LogP contribution in [0.3, 0.4) is 0 Å². The van der Waals surface area contributed by atoms with Crippen LogP contribution in [-0.2, 0) is 6.42 Å². The molecule has 1 aromatic heterocycles. The Bertz CT molecular complexity index is 1250. The normalized spacial score (nSPS) is 14.8. The van der Waals surface area contributed by atoms with E-state index in [1.165, 1.54) is 34.9 Å². The lowest BCUT2D eigenvalue weighted by molar-refractivity contribution is 0.0909. The number of fused-ring (bicyclic) bond motifs is 1. The Morgan fingerprint density at radius 3 is 2.32 bits per heavy atom. The molecule has 31 heavy (non-hydrogen) atoms. The molecule has 7 heteroatoms. The number of nitrogens with one attached hydrogen (secondary N) is 1. The van der Waals surface area contributed by atoms with Crippen molar-refractivity contribution in [2.75, 3.05) is 5.32 Å². The molecule has 1 aliphatic rings. The molecule has 4 rings (SSSR count). The first-order chi connectivity index (χ1) is 14.6. The van der Waals surface area contributed by atoms with Gasteiger partial charge in [-0.2, -0.15) is 0 Å². The summed E-state index contributed by atoms with van der Waals surface area (Å²) in [7, 11) is 0. The summed E-state index contributed by atoms with van der Waals surface area (Å²) in [6.45, 7) is 3.94. The predicted molar refractivity (Wildman–Crippen MR) is 118 cm³/mol. The fourth-order valence-corrected chi connectivity index (χ4v) is 4.00. The number of nitrogens with zero attached hydrogens (tertiary/aromatic N) is 1. The number of pyridine rings is 1. The minimum Gasteiger partial charge on any atom is -0.322 e. The summed E-state index contributed by atoms with van der Waals surface area (Å²) in [5.74, 6) is -1.23. The monoisotopic (exact) mass is 438 g/mol. The molecule has 0 unspecified atom stereocenters. The minimum atomic E-state index is -0.667. The van der Waals surface area contributed by atoms with Gasteiger partial charge in [-0.05, 0) is 66.4 Å². The van der Waals surface area contributed by atoms with Crippen molar-refractivity contribution < 1.29 is 14.0 Å². The molecule has 158 valence electrons. The Morgan fingerprint density at radius 1 is 1.03 bits per heavy atom. The quantitative estimate of drug-likeness (QED) is 0.623. The third kappa shape index (κ3) is 4.16. The summed E-state index contributed by atoms with van der Waals surface area (Å²) in [6, 6.07) is 13.2. The van der Waals surface area contributed by atoms with Gasteiger partial charge in [0.15, 0.2) is 5.78 Å². The average Bonchev–Trinajstić information content (AvgIpc) is 2.69. The van der Waals surface area contributed by atoms with Gasteiger partial charge >= 0.3 is 0 Å². The van der Waals surface area contributed by atoms with Gasteiger partial charge in [-0.3, -0.25) is 19.0 Å². The second-order valence-electron chi connectivity index (χ2n) is 8.44. The van der Waals surface area contributed by atoms with Crippen LogP contribution in [0.4, 0.5) is 10.1 Å². The third-order valence-electron chi connectivity index (χ3n) is 5.32. The zero-order valence-electron chi connectivity index (χ0n) is 17.0. The Hall–Kier alpha value is -3.25. The summed E-state index contributed by atoms with van der Waals surface area (Å²) >= 11 is 6.00. The molecule has 1 aliphatic carbocycles. The molecule has 1 N–H and O–H groups in total. The van der Waals surface area contributed by atoms with Gasteiger partial charge < -0.3 is 5.32 Å². The first-order valence-electron chi connectivity index (χ1n) is 9.80. The van der Waals surface area contributed by atoms with E-state index < -0.39 is 17.3 Å². The van der Waals surface area contributed by atoms with E-state index in [4.69, 9.17) is 11.6 Å². The van der Waals surface area contributed by atoms with Gasteiger partial charge in [-0.1, -0.05) is 25.4 Å². The molecule has 1 heterocycles. The number of hydrogen-bond acceptors (Lipinski definition) is 3. The van der Waals surface area contributed by atoms with Crippen molar-refractivity contribution >= 4 is 29.0 Å². The van der Waals surface area contributed by atoms with E-state index in [1.807, 2.05) is 13.8 Å². The maximum Gasteiger partial charge on any atom is 0.268 e. The molecule has 0 fully saturated rings. The number of amides is 1. The fraction of sp³-hybridized carbons (Fsp3) is 0.208. The molecule has 0 saturated heterocycles. The van der Waals surface area contributed by atoms with Crippen LogP contribution in [0.25, 0.3) is 5.69 Å². The van der Waals surface area contributed by atoms with Gasteiger partial charge in [-0.25, -0.2) is 4.39 Å². The van der Waals surface area contributed by atoms with Gasteiger partial charge in [0.2, 0.25) is 0 Å². The van der Waals surface area contributed by atoms with Gasteiger partial charge in [-0.15, -0.1) is 0 Å². The number of carbonyl (C=O) groups excluding carboxylic acids is 2. The van der Waals surface area contributed by atoms with Gasteiger partial charge in [0, 0.05) is 34.1 Å². The molecule has 3 aromatic rings. The van der Waals surface area contributed by atoms with Crippen molar-refractivity contribution in [2.45, 2.75) is 26.7 Å². The first kappa shape index (κ1) is 21.0. The topological polar surface area (TPSA) is 68.2 Å². The van der Waals surface area contributed by atoms with Crippen LogP contribution in [0, 0.1) is 11.2 Å². The lowest BCUT2D eigenvalue weighted by Crippen LogP contribution is -2.37. The largest absolute Gasteiger partial charge is 0.322 e. The number of rotatable bonds is 3. The van der Waals surface area contributed by atoms with Crippen LogP contribution >= 0.6 is 11.6 Å². The summed E-state index contributed by atoms with van der Waals surface area (Å²) in [5.41, 5.74) is 0.784. The van der Waals surface area contributed by atoms with Crippen LogP contribution in [-0.4, -0.2) is 16.3 Å². The first-order valence-corrected chi connectivity index (χ1v) is 10.2. The molecular formula is C24H20ClFN2O3. The lowest BCUT2D eigenvalue weighted by atomic mass is 9.75. The molecule has 0 saturated carbocycles. The van der Waals surface area contributed by atoms with Crippen molar-refractivity contribution in [3.63, 3.8) is 0 Å². The Morgan fingerprint density at radius 2 is 1.68 bits per heavy atom. The summed E-state index contributed by atoms with van der Waals surface area (Å²) in [5, 5.41) is 3.11. The average molecular weight is 439 g/mol. The van der Waals surface area contributed by atoms with E-state index in [2.05, 4.69) is 5.32 Å². The maximum atomic E-state index is 13.4. The van der Waals surface area contributed by atoms with Crippen LogP contribution in [0.1, 0.15) is 46.7 Å². The van der Waals surface area contributed by atoms with Crippen molar-refractivity contribution in [1.29, 1.82) is 0 Å². The molecular weight excluding hydrogens is 419 g/mol. The highest BCUT2D eigenvalue weighted by Gasteiger charge is 2.35. The number of halogens is 2.